The Balaban J connectivity index is 1.54. The first kappa shape index (κ1) is 14.0. The molecule has 2 aliphatic heterocycles. The van der Waals surface area contributed by atoms with Crippen LogP contribution in [-0.4, -0.2) is 60.4 Å². The van der Waals surface area contributed by atoms with Crippen LogP contribution >= 0.6 is 0 Å². The fourth-order valence-electron chi connectivity index (χ4n) is 2.97. The molecule has 2 fully saturated rings. The fraction of sp³-hybridized carbons (Fsp3) is 0.467. The number of amides is 2. The van der Waals surface area contributed by atoms with Crippen molar-refractivity contribution >= 4 is 11.8 Å². The lowest BCUT2D eigenvalue weighted by Gasteiger charge is -2.35. The molecule has 0 spiro atoms. The molecule has 5 nitrogen and oxygen atoms in total. The number of ketones is 1. The van der Waals surface area contributed by atoms with Gasteiger partial charge in [0.1, 0.15) is 5.82 Å². The third-order valence-electron chi connectivity index (χ3n) is 4.06. The molecule has 2 heterocycles. The lowest BCUT2D eigenvalue weighted by molar-refractivity contribution is -0.120. The van der Waals surface area contributed by atoms with Gasteiger partial charge in [-0.2, -0.15) is 0 Å². The molecule has 0 aliphatic carbocycles. The molecule has 1 aromatic carbocycles. The van der Waals surface area contributed by atoms with Crippen molar-refractivity contribution in [3.8, 4) is 0 Å². The second kappa shape index (κ2) is 5.81. The summed E-state index contributed by atoms with van der Waals surface area (Å²) in [4.78, 5) is 27.5. The van der Waals surface area contributed by atoms with Gasteiger partial charge < -0.3 is 10.2 Å². The van der Waals surface area contributed by atoms with Crippen LogP contribution in [0.4, 0.5) is 9.18 Å². The summed E-state index contributed by atoms with van der Waals surface area (Å²) in [6.07, 6.45) is 0.120. The molecule has 0 aromatic heterocycles. The smallest absolute Gasteiger partial charge is 0.317 e. The minimum atomic E-state index is -0.332. The molecule has 0 bridgehead atoms. The minimum Gasteiger partial charge on any atom is -0.336 e. The Bertz CT molecular complexity index is 564. The highest BCUT2D eigenvalue weighted by Gasteiger charge is 2.35. The van der Waals surface area contributed by atoms with Crippen LogP contribution in [0.5, 0.6) is 0 Å². The van der Waals surface area contributed by atoms with E-state index in [4.69, 9.17) is 0 Å². The quantitative estimate of drug-likeness (QED) is 0.886. The highest BCUT2D eigenvalue weighted by atomic mass is 19.1. The van der Waals surface area contributed by atoms with E-state index in [-0.39, 0.29) is 30.1 Å². The third kappa shape index (κ3) is 3.05. The Kier molecular flexibility index (Phi) is 3.88. The molecule has 0 radical (unpaired) electrons. The Morgan fingerprint density at radius 1 is 1.33 bits per heavy atom. The van der Waals surface area contributed by atoms with Crippen LogP contribution in [0.1, 0.15) is 5.56 Å². The summed E-state index contributed by atoms with van der Waals surface area (Å²) < 4.78 is 13.5. The van der Waals surface area contributed by atoms with Gasteiger partial charge in [0.2, 0.25) is 0 Å². The number of carbonyl (C=O) groups is 2. The van der Waals surface area contributed by atoms with Crippen molar-refractivity contribution in [3.05, 3.63) is 35.6 Å². The second-order valence-electron chi connectivity index (χ2n) is 5.58. The van der Waals surface area contributed by atoms with Gasteiger partial charge in [0, 0.05) is 32.6 Å². The van der Waals surface area contributed by atoms with E-state index in [2.05, 4.69) is 5.32 Å². The molecule has 2 aliphatic rings. The van der Waals surface area contributed by atoms with E-state index in [9.17, 15) is 14.0 Å². The van der Waals surface area contributed by atoms with Crippen LogP contribution in [-0.2, 0) is 11.2 Å². The molecule has 3 rings (SSSR count). The zero-order valence-electron chi connectivity index (χ0n) is 11.7. The largest absolute Gasteiger partial charge is 0.336 e. The maximum atomic E-state index is 13.5. The molecule has 6 heteroatoms. The van der Waals surface area contributed by atoms with Crippen LogP contribution in [0.2, 0.25) is 0 Å². The third-order valence-corrected chi connectivity index (χ3v) is 4.06. The highest BCUT2D eigenvalue weighted by Crippen LogP contribution is 2.14. The molecule has 0 saturated carbocycles. The minimum absolute atomic E-state index is 0.00540. The summed E-state index contributed by atoms with van der Waals surface area (Å²) in [7, 11) is 0. The van der Waals surface area contributed by atoms with Crippen molar-refractivity contribution in [2.45, 2.75) is 12.5 Å². The number of nitrogens with one attached hydrogen (secondary N) is 1. The van der Waals surface area contributed by atoms with Gasteiger partial charge in [0.15, 0.2) is 5.78 Å². The fourth-order valence-corrected chi connectivity index (χ4v) is 2.97. The number of rotatable bonds is 4. The number of fused-ring (bicyclic) bond motifs is 1. The van der Waals surface area contributed by atoms with Crippen LogP contribution in [0, 0.1) is 5.82 Å². The van der Waals surface area contributed by atoms with Crippen molar-refractivity contribution in [3.63, 3.8) is 0 Å². The number of nitrogens with zero attached hydrogens (tertiary/aromatic N) is 2. The maximum absolute atomic E-state index is 13.5. The summed E-state index contributed by atoms with van der Waals surface area (Å²) in [5, 5.41) is 2.81. The Morgan fingerprint density at radius 3 is 2.95 bits per heavy atom. The molecule has 1 aromatic rings. The molecule has 2 amide bonds. The number of carbonyl (C=O) groups excluding carboxylic acids is 2. The van der Waals surface area contributed by atoms with Gasteiger partial charge in [-0.15, -0.1) is 0 Å². The van der Waals surface area contributed by atoms with E-state index < -0.39 is 0 Å². The zero-order valence-corrected chi connectivity index (χ0v) is 11.7. The topological polar surface area (TPSA) is 52.7 Å². The highest BCUT2D eigenvalue weighted by molar-refractivity contribution is 5.83. The van der Waals surface area contributed by atoms with Crippen molar-refractivity contribution in [1.29, 1.82) is 0 Å². The van der Waals surface area contributed by atoms with Gasteiger partial charge in [-0.05, 0) is 11.6 Å². The molecular formula is C15H18FN3O2. The first-order valence-corrected chi connectivity index (χ1v) is 7.15. The lowest BCUT2D eigenvalue weighted by atomic mass is 10.1. The van der Waals surface area contributed by atoms with Gasteiger partial charge in [0.25, 0.3) is 0 Å². The average Bonchev–Trinajstić information content (AvgIpc) is 2.82. The number of benzene rings is 1. The van der Waals surface area contributed by atoms with Gasteiger partial charge in [-0.25, -0.2) is 9.18 Å². The molecule has 2 saturated heterocycles. The van der Waals surface area contributed by atoms with E-state index in [1.165, 1.54) is 6.07 Å². The number of hydrogen-bond acceptors (Lipinski definition) is 3. The molecule has 21 heavy (non-hydrogen) atoms. The first-order chi connectivity index (χ1) is 10.1. The SMILES string of the molecule is O=C(Cc1ccccc1F)CN1CCN2C(=O)NCC2C1. The molecular weight excluding hydrogens is 273 g/mol. The number of hydrogen-bond donors (Lipinski definition) is 1. The van der Waals surface area contributed by atoms with E-state index in [1.807, 2.05) is 9.80 Å². The van der Waals surface area contributed by atoms with Gasteiger partial charge >= 0.3 is 6.03 Å². The summed E-state index contributed by atoms with van der Waals surface area (Å²) in [5.74, 6) is -0.327. The molecule has 1 N–H and O–H groups in total. The number of halogens is 1. The van der Waals surface area contributed by atoms with E-state index in [0.29, 0.717) is 38.3 Å². The summed E-state index contributed by atoms with van der Waals surface area (Å²) in [6.45, 7) is 2.97. The standard InChI is InChI=1S/C15H18FN3O2/c16-14-4-2-1-3-11(14)7-13(20)10-18-5-6-19-12(9-18)8-17-15(19)21/h1-4,12H,5-10H2,(H,17,21). The van der Waals surface area contributed by atoms with Gasteiger partial charge in [-0.1, -0.05) is 18.2 Å². The molecule has 1 unspecified atom stereocenters. The summed E-state index contributed by atoms with van der Waals surface area (Å²) >= 11 is 0. The van der Waals surface area contributed by atoms with E-state index in [0.717, 1.165) is 0 Å². The number of piperazine rings is 1. The van der Waals surface area contributed by atoms with Crippen molar-refractivity contribution in [1.82, 2.24) is 15.1 Å². The summed E-state index contributed by atoms with van der Waals surface area (Å²) in [6, 6.07) is 6.50. The Morgan fingerprint density at radius 2 is 2.14 bits per heavy atom. The predicted molar refractivity (Wildman–Crippen MR) is 75.4 cm³/mol. The normalized spacial score (nSPS) is 22.0. The van der Waals surface area contributed by atoms with Crippen LogP contribution in [0.3, 0.4) is 0 Å². The molecule has 1 atom stereocenters. The molecule has 112 valence electrons. The van der Waals surface area contributed by atoms with Gasteiger partial charge in [0.05, 0.1) is 12.6 Å². The van der Waals surface area contributed by atoms with Crippen LogP contribution in [0.15, 0.2) is 24.3 Å². The number of urea groups is 1. The van der Waals surface area contributed by atoms with Crippen molar-refractivity contribution < 1.29 is 14.0 Å². The predicted octanol–water partition coefficient (Wildman–Crippen LogP) is 0.647. The monoisotopic (exact) mass is 291 g/mol. The van der Waals surface area contributed by atoms with E-state index >= 15 is 0 Å². The van der Waals surface area contributed by atoms with Crippen molar-refractivity contribution in [2.24, 2.45) is 0 Å². The van der Waals surface area contributed by atoms with Crippen molar-refractivity contribution in [2.75, 3.05) is 32.7 Å². The lowest BCUT2D eigenvalue weighted by Crippen LogP contribution is -2.53. The number of Topliss-reactive ketones (excluding diaryl/α,β-unsaturated/α-hetero) is 1. The Labute approximate surface area is 122 Å². The van der Waals surface area contributed by atoms with E-state index in [1.54, 1.807) is 18.2 Å². The maximum Gasteiger partial charge on any atom is 0.317 e. The Hall–Kier alpha value is -1.95. The zero-order chi connectivity index (χ0) is 14.8. The van der Waals surface area contributed by atoms with Crippen LogP contribution < -0.4 is 5.32 Å². The summed E-state index contributed by atoms with van der Waals surface area (Å²) in [5.41, 5.74) is 0.443. The van der Waals surface area contributed by atoms with Gasteiger partial charge in [-0.3, -0.25) is 9.69 Å². The second-order valence-corrected chi connectivity index (χ2v) is 5.58. The average molecular weight is 291 g/mol. The van der Waals surface area contributed by atoms with Crippen LogP contribution in [0.25, 0.3) is 0 Å². The first-order valence-electron chi connectivity index (χ1n) is 7.15.